The largest absolute Gasteiger partial charge is 0.508 e. The first-order valence-corrected chi connectivity index (χ1v) is 31.2. The first kappa shape index (κ1) is 63.6. The molecule has 0 amide bonds. The summed E-state index contributed by atoms with van der Waals surface area (Å²) < 4.78 is 33.6. The summed E-state index contributed by atoms with van der Waals surface area (Å²) in [6.45, 7) is 8.52. The fourth-order valence-electron chi connectivity index (χ4n) is 13.4. The molecule has 1 unspecified atom stereocenters. The Morgan fingerprint density at radius 1 is 0.545 bits per heavy atom. The molecule has 6 atom stereocenters. The molecule has 0 aromatic heterocycles. The van der Waals surface area contributed by atoms with E-state index in [0.29, 0.717) is 42.6 Å². The number of ketones is 1. The lowest BCUT2D eigenvalue weighted by Gasteiger charge is -2.57. The summed E-state index contributed by atoms with van der Waals surface area (Å²) in [5.74, 6) is -0.548. The molecule has 1 aromatic carbocycles. The molecule has 3 fully saturated rings. The van der Waals surface area contributed by atoms with Crippen LogP contribution < -0.4 is 4.74 Å². The quantitative estimate of drug-likeness (QED) is 0.0202. The maximum Gasteiger partial charge on any atom is 0.508 e. The highest BCUT2D eigenvalue weighted by molar-refractivity contribution is 5.92. The lowest BCUT2D eigenvalue weighted by Crippen LogP contribution is -2.51. The molecule has 0 aliphatic heterocycles. The predicted octanol–water partition coefficient (Wildman–Crippen LogP) is 16.5. The van der Waals surface area contributed by atoms with Crippen LogP contribution in [0.3, 0.4) is 0 Å². The molecule has 0 heterocycles. The molecule has 4 aliphatic rings. The zero-order valence-electron chi connectivity index (χ0n) is 48.5. The second kappa shape index (κ2) is 35.4. The summed E-state index contributed by atoms with van der Waals surface area (Å²) in [6.07, 6.45) is 38.4. The fraction of sp³-hybridized carbons (Fsp3) is 0.785. The van der Waals surface area contributed by atoms with E-state index in [4.69, 9.17) is 28.4 Å². The van der Waals surface area contributed by atoms with Gasteiger partial charge in [-0.3, -0.25) is 24.0 Å². The van der Waals surface area contributed by atoms with Crippen molar-refractivity contribution in [1.82, 2.24) is 0 Å². The average molecular weight is 1080 g/mol. The Balaban J connectivity index is 0.988. The average Bonchev–Trinajstić information content (AvgIpc) is 3.78. The van der Waals surface area contributed by atoms with Crippen molar-refractivity contribution in [3.63, 3.8) is 0 Å². The van der Waals surface area contributed by atoms with Crippen molar-refractivity contribution in [3.8, 4) is 5.75 Å². The molecule has 12 heteroatoms. The van der Waals surface area contributed by atoms with E-state index in [0.717, 1.165) is 83.5 Å². The summed E-state index contributed by atoms with van der Waals surface area (Å²) >= 11 is 0. The Morgan fingerprint density at radius 2 is 1.05 bits per heavy atom. The maximum atomic E-state index is 13.1. The van der Waals surface area contributed by atoms with Gasteiger partial charge in [0, 0.05) is 24.7 Å². The van der Waals surface area contributed by atoms with Gasteiger partial charge < -0.3 is 28.4 Å². The molecule has 1 aromatic rings. The van der Waals surface area contributed by atoms with Crippen molar-refractivity contribution >= 4 is 35.8 Å². The third kappa shape index (κ3) is 22.4. The Morgan fingerprint density at radius 3 is 1.57 bits per heavy atom. The van der Waals surface area contributed by atoms with Crippen LogP contribution in [0.15, 0.2) is 35.9 Å². The number of hydrogen-bond acceptors (Lipinski definition) is 12. The summed E-state index contributed by atoms with van der Waals surface area (Å²) in [5, 5.41) is 0. The van der Waals surface area contributed by atoms with Crippen molar-refractivity contribution in [1.29, 1.82) is 0 Å². The molecule has 0 radical (unpaired) electrons. The van der Waals surface area contributed by atoms with Crippen LogP contribution in [0.4, 0.5) is 4.79 Å². The number of ether oxygens (including phenoxy) is 6. The highest BCUT2D eigenvalue weighted by Gasteiger charge is 2.60. The SMILES string of the molecule is CCCCCCCCCCCCCCCC(=O)OCC(COC(=O)CCCCCCCCCCCCCCC)OC(=O)CC(=O)Oc1ccc(COC(=O)OC2CC[C@H]3[C@@H]4CCC5=CC(=O)CC[C@]5(C)[C@H]4CC[C@]23C)cc1. The van der Waals surface area contributed by atoms with E-state index in [2.05, 4.69) is 27.7 Å². The number of allylic oxidation sites excluding steroid dienone is 1. The smallest absolute Gasteiger partial charge is 0.462 e. The van der Waals surface area contributed by atoms with Crippen LogP contribution in [-0.2, 0) is 54.3 Å². The molecule has 0 spiro atoms. The van der Waals surface area contributed by atoms with Gasteiger partial charge in [0.05, 0.1) is 0 Å². The van der Waals surface area contributed by atoms with Gasteiger partial charge in [-0.15, -0.1) is 0 Å². The molecular weight excluding hydrogens is 973 g/mol. The van der Waals surface area contributed by atoms with Crippen molar-refractivity contribution < 1.29 is 57.2 Å². The highest BCUT2D eigenvalue weighted by Crippen LogP contribution is 2.65. The van der Waals surface area contributed by atoms with Gasteiger partial charge in [-0.2, -0.15) is 0 Å². The number of unbranched alkanes of at least 4 members (excludes halogenated alkanes) is 24. The monoisotopic (exact) mass is 1070 g/mol. The van der Waals surface area contributed by atoms with E-state index < -0.39 is 42.6 Å². The van der Waals surface area contributed by atoms with Crippen LogP contribution >= 0.6 is 0 Å². The third-order valence-electron chi connectivity index (χ3n) is 18.0. The van der Waals surface area contributed by atoms with Crippen LogP contribution in [-0.4, -0.2) is 61.2 Å². The van der Waals surface area contributed by atoms with E-state index in [9.17, 15) is 28.8 Å². The number of hydrogen-bond donors (Lipinski definition) is 0. The van der Waals surface area contributed by atoms with Gasteiger partial charge >= 0.3 is 30.0 Å². The van der Waals surface area contributed by atoms with Gasteiger partial charge in [-0.1, -0.05) is 200 Å². The van der Waals surface area contributed by atoms with E-state index in [1.54, 1.807) is 24.3 Å². The maximum absolute atomic E-state index is 13.1. The highest BCUT2D eigenvalue weighted by atomic mass is 16.7. The van der Waals surface area contributed by atoms with Gasteiger partial charge in [0.25, 0.3) is 0 Å². The number of carbonyl (C=O) groups is 6. The number of fused-ring (bicyclic) bond motifs is 5. The molecular formula is C65H102O12. The van der Waals surface area contributed by atoms with Gasteiger partial charge in [0.2, 0.25) is 0 Å². The van der Waals surface area contributed by atoms with E-state index in [-0.39, 0.29) is 61.1 Å². The van der Waals surface area contributed by atoms with Crippen molar-refractivity contribution in [3.05, 3.63) is 41.5 Å². The summed E-state index contributed by atoms with van der Waals surface area (Å²) in [7, 11) is 0. The molecule has 0 N–H and O–H groups in total. The third-order valence-corrected chi connectivity index (χ3v) is 18.0. The van der Waals surface area contributed by atoms with E-state index in [1.165, 1.54) is 121 Å². The molecule has 0 saturated heterocycles. The van der Waals surface area contributed by atoms with E-state index in [1.807, 2.05) is 6.08 Å². The van der Waals surface area contributed by atoms with Crippen LogP contribution in [0.1, 0.15) is 271 Å². The first-order chi connectivity index (χ1) is 37.3. The first-order valence-electron chi connectivity index (χ1n) is 31.2. The Kier molecular flexibility index (Phi) is 29.2. The molecule has 77 heavy (non-hydrogen) atoms. The number of benzene rings is 1. The van der Waals surface area contributed by atoms with Crippen molar-refractivity contribution in [2.75, 3.05) is 13.2 Å². The van der Waals surface area contributed by atoms with Crippen molar-refractivity contribution in [2.45, 2.75) is 284 Å². The Hall–Kier alpha value is -4.22. The number of rotatable bonds is 39. The van der Waals surface area contributed by atoms with Crippen LogP contribution in [0.5, 0.6) is 5.75 Å². The van der Waals surface area contributed by atoms with Gasteiger partial charge in [-0.05, 0) is 105 Å². The number of carbonyl (C=O) groups excluding carboxylic acids is 6. The summed E-state index contributed by atoms with van der Waals surface area (Å²) in [5.41, 5.74) is 1.99. The Bertz CT molecular complexity index is 1910. The molecule has 0 bridgehead atoms. The van der Waals surface area contributed by atoms with Crippen molar-refractivity contribution in [2.24, 2.45) is 28.6 Å². The van der Waals surface area contributed by atoms with Crippen LogP contribution in [0, 0.1) is 28.6 Å². The second-order valence-corrected chi connectivity index (χ2v) is 24.0. The zero-order chi connectivity index (χ0) is 55.1. The van der Waals surface area contributed by atoms with Crippen LogP contribution in [0.25, 0.3) is 0 Å². The summed E-state index contributed by atoms with van der Waals surface area (Å²) in [6, 6.07) is 6.45. The lowest BCUT2D eigenvalue weighted by atomic mass is 9.47. The zero-order valence-corrected chi connectivity index (χ0v) is 48.5. The predicted molar refractivity (Wildman–Crippen MR) is 301 cm³/mol. The van der Waals surface area contributed by atoms with E-state index >= 15 is 0 Å². The topological polar surface area (TPSA) is 158 Å². The Labute approximate surface area is 464 Å². The molecule has 12 nitrogen and oxygen atoms in total. The van der Waals surface area contributed by atoms with Gasteiger partial charge in [-0.25, -0.2) is 4.79 Å². The van der Waals surface area contributed by atoms with Crippen LogP contribution in [0.2, 0.25) is 0 Å². The molecule has 434 valence electrons. The summed E-state index contributed by atoms with van der Waals surface area (Å²) in [4.78, 5) is 76.8. The van der Waals surface area contributed by atoms with Gasteiger partial charge in [0.15, 0.2) is 11.9 Å². The minimum absolute atomic E-state index is 0.0293. The van der Waals surface area contributed by atoms with Gasteiger partial charge in [0.1, 0.15) is 38.1 Å². The fourth-order valence-corrected chi connectivity index (χ4v) is 13.4. The molecule has 3 saturated carbocycles. The molecule has 4 aliphatic carbocycles. The second-order valence-electron chi connectivity index (χ2n) is 24.0. The molecule has 5 rings (SSSR count). The minimum atomic E-state index is -1.09. The normalized spacial score (nSPS) is 22.6. The standard InChI is InChI=1S/C65H102O12/c1-5-7-9-11-13-15-17-19-21-23-25-27-29-31-59(67)72-48-54(49-73-60(68)32-30-28-26-24-22-20-18-16-14-12-10-8-6-2)76-62(70)46-61(69)75-53-36-33-50(34-37-53)47-74-63(71)77-58-40-39-56-55-38-35-51-45-52(66)41-43-64(51,3)57(55)42-44-65(56,58)4/h33-34,36-37,45,54-58H,5-32,35,38-44,46-49H2,1-4H3/t55-,56-,57-,58?,64-,65-/m0/s1. The minimum Gasteiger partial charge on any atom is -0.462 e. The lowest BCUT2D eigenvalue weighted by molar-refractivity contribution is -0.168. The number of esters is 4.